The van der Waals surface area contributed by atoms with Crippen molar-refractivity contribution in [2.75, 3.05) is 5.73 Å². The minimum atomic E-state index is 0.172. The van der Waals surface area contributed by atoms with Crippen molar-refractivity contribution in [2.45, 2.75) is 6.04 Å². The predicted octanol–water partition coefficient (Wildman–Crippen LogP) is 1.46. The zero-order chi connectivity index (χ0) is 9.10. The Morgan fingerprint density at radius 2 is 2.00 bits per heavy atom. The minimum Gasteiger partial charge on any atom is -0.399 e. The number of nitrogens with two attached hydrogens (primary N) is 1. The lowest BCUT2D eigenvalue weighted by atomic mass is 10.1. The molecule has 0 spiro atoms. The van der Waals surface area contributed by atoms with Gasteiger partial charge in [-0.05, 0) is 23.8 Å². The molecule has 66 valence electrons. The molecule has 0 amide bonds. The molecule has 0 radical (unpaired) electrons. The summed E-state index contributed by atoms with van der Waals surface area (Å²) in [6.45, 7) is 0. The first-order valence-corrected chi connectivity index (χ1v) is 4.17. The van der Waals surface area contributed by atoms with Crippen LogP contribution < -0.4 is 11.2 Å². The number of anilines is 1. The normalized spacial score (nSPS) is 19.8. The number of allylic oxidation sites excluding steroid dienone is 1. The molecule has 1 aromatic rings. The van der Waals surface area contributed by atoms with E-state index in [4.69, 9.17) is 5.73 Å². The lowest BCUT2D eigenvalue weighted by Crippen LogP contribution is -2.15. The molecule has 1 unspecified atom stereocenters. The van der Waals surface area contributed by atoms with Gasteiger partial charge in [-0.2, -0.15) is 5.10 Å². The summed E-state index contributed by atoms with van der Waals surface area (Å²) in [4.78, 5) is 0. The largest absolute Gasteiger partial charge is 0.399 e. The summed E-state index contributed by atoms with van der Waals surface area (Å²) in [7, 11) is 0. The average Bonchev–Trinajstić information content (AvgIpc) is 2.20. The van der Waals surface area contributed by atoms with E-state index in [1.807, 2.05) is 30.3 Å². The highest BCUT2D eigenvalue weighted by molar-refractivity contribution is 5.71. The number of rotatable bonds is 1. The van der Waals surface area contributed by atoms with Gasteiger partial charge in [0.2, 0.25) is 0 Å². The lowest BCUT2D eigenvalue weighted by molar-refractivity contribution is 0.655. The first-order valence-electron chi connectivity index (χ1n) is 4.17. The Bertz CT molecular complexity index is 338. The van der Waals surface area contributed by atoms with Gasteiger partial charge in [0.05, 0.1) is 6.04 Å². The highest BCUT2D eigenvalue weighted by Gasteiger charge is 2.06. The van der Waals surface area contributed by atoms with E-state index in [9.17, 15) is 0 Å². The van der Waals surface area contributed by atoms with E-state index in [2.05, 4.69) is 16.6 Å². The van der Waals surface area contributed by atoms with Gasteiger partial charge in [-0.3, -0.25) is 5.43 Å². The highest BCUT2D eigenvalue weighted by Crippen LogP contribution is 2.16. The molecule has 0 saturated carbocycles. The van der Waals surface area contributed by atoms with Crippen molar-refractivity contribution in [1.29, 1.82) is 0 Å². The van der Waals surface area contributed by atoms with E-state index in [1.165, 1.54) is 5.56 Å². The van der Waals surface area contributed by atoms with Crippen molar-refractivity contribution in [3.05, 3.63) is 42.0 Å². The van der Waals surface area contributed by atoms with Crippen LogP contribution in [0.4, 0.5) is 5.69 Å². The van der Waals surface area contributed by atoms with Gasteiger partial charge in [0.1, 0.15) is 0 Å². The summed E-state index contributed by atoms with van der Waals surface area (Å²) >= 11 is 0. The van der Waals surface area contributed by atoms with Crippen molar-refractivity contribution in [3.8, 4) is 0 Å². The summed E-state index contributed by atoms with van der Waals surface area (Å²) < 4.78 is 0. The monoisotopic (exact) mass is 173 g/mol. The maximum atomic E-state index is 5.59. The molecule has 0 bridgehead atoms. The second-order valence-electron chi connectivity index (χ2n) is 2.94. The van der Waals surface area contributed by atoms with Crippen LogP contribution in [0.1, 0.15) is 11.6 Å². The molecule has 0 saturated heterocycles. The average molecular weight is 173 g/mol. The quantitative estimate of drug-likeness (QED) is 0.631. The smallest absolute Gasteiger partial charge is 0.0874 e. The number of nitrogen functional groups attached to an aromatic ring is 1. The van der Waals surface area contributed by atoms with Crippen LogP contribution in [-0.2, 0) is 0 Å². The van der Waals surface area contributed by atoms with Crippen LogP contribution in [0.15, 0.2) is 41.5 Å². The van der Waals surface area contributed by atoms with Gasteiger partial charge in [0.25, 0.3) is 0 Å². The fourth-order valence-corrected chi connectivity index (χ4v) is 1.26. The molecule has 0 aromatic heterocycles. The third-order valence-electron chi connectivity index (χ3n) is 1.97. The number of hydrazone groups is 1. The zero-order valence-electron chi connectivity index (χ0n) is 7.14. The third kappa shape index (κ3) is 1.69. The van der Waals surface area contributed by atoms with E-state index in [0.717, 1.165) is 5.69 Å². The Morgan fingerprint density at radius 3 is 2.62 bits per heavy atom. The minimum absolute atomic E-state index is 0.172. The van der Waals surface area contributed by atoms with Gasteiger partial charge < -0.3 is 5.73 Å². The van der Waals surface area contributed by atoms with Crippen LogP contribution in [0.2, 0.25) is 0 Å². The number of benzene rings is 1. The fourth-order valence-electron chi connectivity index (χ4n) is 1.26. The molecular formula is C10H11N3. The first kappa shape index (κ1) is 7.86. The highest BCUT2D eigenvalue weighted by atomic mass is 15.3. The maximum Gasteiger partial charge on any atom is 0.0874 e. The number of nitrogens with one attached hydrogen (secondary N) is 1. The Morgan fingerprint density at radius 1 is 1.23 bits per heavy atom. The predicted molar refractivity (Wildman–Crippen MR) is 54.4 cm³/mol. The van der Waals surface area contributed by atoms with Crippen LogP contribution in [0.25, 0.3) is 0 Å². The Kier molecular flexibility index (Phi) is 2.00. The molecule has 13 heavy (non-hydrogen) atoms. The van der Waals surface area contributed by atoms with Crippen molar-refractivity contribution in [3.63, 3.8) is 0 Å². The molecule has 1 aromatic carbocycles. The van der Waals surface area contributed by atoms with Gasteiger partial charge >= 0.3 is 0 Å². The Balaban J connectivity index is 2.21. The van der Waals surface area contributed by atoms with E-state index in [1.54, 1.807) is 6.21 Å². The van der Waals surface area contributed by atoms with Crippen molar-refractivity contribution in [1.82, 2.24) is 5.43 Å². The Hall–Kier alpha value is -1.77. The van der Waals surface area contributed by atoms with Crippen molar-refractivity contribution in [2.24, 2.45) is 5.10 Å². The van der Waals surface area contributed by atoms with Crippen molar-refractivity contribution < 1.29 is 0 Å². The fraction of sp³-hybridized carbons (Fsp3) is 0.100. The molecule has 1 heterocycles. The SMILES string of the molecule is Nc1ccc(C2C=CC=NN2)cc1. The molecule has 0 aliphatic carbocycles. The maximum absolute atomic E-state index is 5.59. The standard InChI is InChI=1S/C10H11N3/c11-9-5-3-8(4-6-9)10-2-1-7-12-13-10/h1-7,10,13H,11H2. The zero-order valence-corrected chi connectivity index (χ0v) is 7.14. The van der Waals surface area contributed by atoms with Crippen LogP contribution in [0, 0.1) is 0 Å². The van der Waals surface area contributed by atoms with Gasteiger partial charge in [0.15, 0.2) is 0 Å². The van der Waals surface area contributed by atoms with E-state index >= 15 is 0 Å². The molecular weight excluding hydrogens is 162 g/mol. The van der Waals surface area contributed by atoms with Crippen LogP contribution >= 0.6 is 0 Å². The molecule has 0 fully saturated rings. The van der Waals surface area contributed by atoms with Gasteiger partial charge in [-0.15, -0.1) is 0 Å². The second kappa shape index (κ2) is 3.31. The van der Waals surface area contributed by atoms with Crippen LogP contribution in [0.3, 0.4) is 0 Å². The lowest BCUT2D eigenvalue weighted by Gasteiger charge is -2.14. The molecule has 3 heteroatoms. The van der Waals surface area contributed by atoms with E-state index in [-0.39, 0.29) is 6.04 Å². The van der Waals surface area contributed by atoms with Gasteiger partial charge in [0, 0.05) is 11.9 Å². The van der Waals surface area contributed by atoms with Crippen LogP contribution in [-0.4, -0.2) is 6.21 Å². The second-order valence-corrected chi connectivity index (χ2v) is 2.94. The van der Waals surface area contributed by atoms with Crippen molar-refractivity contribution >= 4 is 11.9 Å². The molecule has 3 nitrogen and oxygen atoms in total. The summed E-state index contributed by atoms with van der Waals surface area (Å²) in [5.41, 5.74) is 10.5. The van der Waals surface area contributed by atoms with Gasteiger partial charge in [-0.1, -0.05) is 18.2 Å². The topological polar surface area (TPSA) is 50.4 Å². The Labute approximate surface area is 77.0 Å². The summed E-state index contributed by atoms with van der Waals surface area (Å²) in [6.07, 6.45) is 5.71. The molecule has 3 N–H and O–H groups in total. The van der Waals surface area contributed by atoms with Crippen LogP contribution in [0.5, 0.6) is 0 Å². The number of hydrogen-bond acceptors (Lipinski definition) is 3. The number of nitrogens with zero attached hydrogens (tertiary/aromatic N) is 1. The summed E-state index contributed by atoms with van der Waals surface area (Å²) in [6, 6.07) is 7.95. The number of hydrogen-bond donors (Lipinski definition) is 2. The third-order valence-corrected chi connectivity index (χ3v) is 1.97. The molecule has 1 atom stereocenters. The molecule has 2 rings (SSSR count). The molecule has 1 aliphatic rings. The molecule has 1 aliphatic heterocycles. The summed E-state index contributed by atoms with van der Waals surface area (Å²) in [5.74, 6) is 0. The van der Waals surface area contributed by atoms with Gasteiger partial charge in [-0.25, -0.2) is 0 Å². The summed E-state index contributed by atoms with van der Waals surface area (Å²) in [5, 5.41) is 3.96. The van der Waals surface area contributed by atoms with E-state index < -0.39 is 0 Å². The van der Waals surface area contributed by atoms with E-state index in [0.29, 0.717) is 0 Å². The first-order chi connectivity index (χ1) is 6.36.